The standard InChI is InChI=1S/C15H17ClN2S/c1-17-14(15-12(16)7-9-19-15)11-6-2-4-10-5-3-8-18-13(10)11/h3,5,7-9,11,14,17H,2,4,6H2,1H3. The molecule has 2 aromatic heterocycles. The summed E-state index contributed by atoms with van der Waals surface area (Å²) in [4.78, 5) is 5.86. The maximum Gasteiger partial charge on any atom is 0.0561 e. The number of aryl methyl sites for hydroxylation is 1. The summed E-state index contributed by atoms with van der Waals surface area (Å²) < 4.78 is 0. The van der Waals surface area contributed by atoms with Crippen LogP contribution in [0, 0.1) is 0 Å². The van der Waals surface area contributed by atoms with Crippen molar-refractivity contribution in [2.75, 3.05) is 7.05 Å². The van der Waals surface area contributed by atoms with Crippen LogP contribution in [-0.2, 0) is 6.42 Å². The molecule has 4 heteroatoms. The third-order valence-corrected chi connectivity index (χ3v) is 5.32. The van der Waals surface area contributed by atoms with Crippen LogP contribution in [0.4, 0.5) is 0 Å². The normalized spacial score (nSPS) is 20.0. The van der Waals surface area contributed by atoms with Crippen molar-refractivity contribution in [3.05, 3.63) is 50.9 Å². The molecule has 2 heterocycles. The van der Waals surface area contributed by atoms with E-state index in [9.17, 15) is 0 Å². The Morgan fingerprint density at radius 1 is 1.47 bits per heavy atom. The van der Waals surface area contributed by atoms with E-state index in [0.29, 0.717) is 5.92 Å². The maximum absolute atomic E-state index is 6.31. The molecule has 0 aliphatic heterocycles. The van der Waals surface area contributed by atoms with Gasteiger partial charge in [-0.1, -0.05) is 17.7 Å². The van der Waals surface area contributed by atoms with Gasteiger partial charge in [-0.25, -0.2) is 0 Å². The summed E-state index contributed by atoms with van der Waals surface area (Å²) in [6, 6.07) is 6.49. The lowest BCUT2D eigenvalue weighted by Gasteiger charge is -2.31. The Hall–Kier alpha value is -0.900. The Balaban J connectivity index is 2.00. The summed E-state index contributed by atoms with van der Waals surface area (Å²) in [5.74, 6) is 0.422. The first-order valence-electron chi connectivity index (χ1n) is 6.65. The molecule has 0 saturated heterocycles. The van der Waals surface area contributed by atoms with Gasteiger partial charge in [0, 0.05) is 22.7 Å². The van der Waals surface area contributed by atoms with Crippen molar-refractivity contribution in [2.24, 2.45) is 0 Å². The number of likely N-dealkylation sites (N-methyl/N-ethyl adjacent to an activating group) is 1. The smallest absolute Gasteiger partial charge is 0.0561 e. The van der Waals surface area contributed by atoms with Gasteiger partial charge in [-0.05, 0) is 49.4 Å². The van der Waals surface area contributed by atoms with Gasteiger partial charge in [-0.15, -0.1) is 11.3 Å². The average molecular weight is 293 g/mol. The van der Waals surface area contributed by atoms with Crippen molar-refractivity contribution in [2.45, 2.75) is 31.2 Å². The molecule has 2 atom stereocenters. The van der Waals surface area contributed by atoms with Crippen molar-refractivity contribution in [3.63, 3.8) is 0 Å². The number of nitrogens with zero attached hydrogens (tertiary/aromatic N) is 1. The van der Waals surface area contributed by atoms with Gasteiger partial charge >= 0.3 is 0 Å². The number of hydrogen-bond acceptors (Lipinski definition) is 3. The zero-order valence-corrected chi connectivity index (χ0v) is 12.5. The summed E-state index contributed by atoms with van der Waals surface area (Å²) in [6.45, 7) is 0. The van der Waals surface area contributed by atoms with Gasteiger partial charge in [0.15, 0.2) is 0 Å². The van der Waals surface area contributed by atoms with Crippen molar-refractivity contribution >= 4 is 22.9 Å². The van der Waals surface area contributed by atoms with Gasteiger partial charge in [-0.3, -0.25) is 4.98 Å². The molecule has 1 N–H and O–H groups in total. The fourth-order valence-corrected chi connectivity index (χ4v) is 4.36. The highest BCUT2D eigenvalue weighted by Crippen LogP contribution is 2.42. The molecular formula is C15H17ClN2S. The second kappa shape index (κ2) is 5.61. The average Bonchev–Trinajstić information content (AvgIpc) is 2.86. The molecule has 0 spiro atoms. The second-order valence-corrected chi connectivity index (χ2v) is 6.30. The molecular weight excluding hydrogens is 276 g/mol. The molecule has 0 bridgehead atoms. The van der Waals surface area contributed by atoms with Crippen molar-refractivity contribution in [1.82, 2.24) is 10.3 Å². The summed E-state index contributed by atoms with van der Waals surface area (Å²) in [6.07, 6.45) is 5.45. The monoisotopic (exact) mass is 292 g/mol. The highest BCUT2D eigenvalue weighted by atomic mass is 35.5. The highest BCUT2D eigenvalue weighted by molar-refractivity contribution is 7.10. The minimum absolute atomic E-state index is 0.265. The summed E-state index contributed by atoms with van der Waals surface area (Å²) >= 11 is 8.04. The third-order valence-electron chi connectivity index (χ3n) is 3.88. The Labute approximate surface area is 122 Å². The van der Waals surface area contributed by atoms with Crippen LogP contribution in [0.5, 0.6) is 0 Å². The number of nitrogens with one attached hydrogen (secondary N) is 1. The lowest BCUT2D eigenvalue weighted by Crippen LogP contribution is -2.27. The molecule has 19 heavy (non-hydrogen) atoms. The van der Waals surface area contributed by atoms with E-state index in [0.717, 1.165) is 11.4 Å². The Morgan fingerprint density at radius 3 is 3.11 bits per heavy atom. The molecule has 0 saturated carbocycles. The van der Waals surface area contributed by atoms with Crippen molar-refractivity contribution < 1.29 is 0 Å². The van der Waals surface area contributed by atoms with Crippen LogP contribution in [0.2, 0.25) is 5.02 Å². The van der Waals surface area contributed by atoms with E-state index in [2.05, 4.69) is 21.7 Å². The predicted molar refractivity (Wildman–Crippen MR) is 81.0 cm³/mol. The topological polar surface area (TPSA) is 24.9 Å². The number of pyridine rings is 1. The molecule has 1 aliphatic carbocycles. The second-order valence-electron chi connectivity index (χ2n) is 4.95. The number of rotatable bonds is 3. The van der Waals surface area contributed by atoms with E-state index in [1.807, 2.05) is 25.4 Å². The van der Waals surface area contributed by atoms with Crippen molar-refractivity contribution in [1.29, 1.82) is 0 Å². The highest BCUT2D eigenvalue weighted by Gasteiger charge is 2.30. The molecule has 3 rings (SSSR count). The Bertz CT molecular complexity index is 567. The molecule has 0 fully saturated rings. The third kappa shape index (κ3) is 2.42. The van der Waals surface area contributed by atoms with Gasteiger partial charge in [0.25, 0.3) is 0 Å². The van der Waals surface area contributed by atoms with Crippen LogP contribution in [0.15, 0.2) is 29.8 Å². The molecule has 2 nitrogen and oxygen atoms in total. The summed E-state index contributed by atoms with van der Waals surface area (Å²) in [5, 5.41) is 6.37. The van der Waals surface area contributed by atoms with Crippen LogP contribution in [0.25, 0.3) is 0 Å². The molecule has 1 aliphatic rings. The van der Waals surface area contributed by atoms with Gasteiger partial charge in [0.1, 0.15) is 0 Å². The maximum atomic E-state index is 6.31. The van der Waals surface area contributed by atoms with Crippen LogP contribution in [0.3, 0.4) is 0 Å². The first kappa shape index (κ1) is 13.1. The van der Waals surface area contributed by atoms with Crippen LogP contribution < -0.4 is 5.32 Å². The number of hydrogen-bond donors (Lipinski definition) is 1. The van der Waals surface area contributed by atoms with E-state index in [1.54, 1.807) is 11.3 Å². The Morgan fingerprint density at radius 2 is 2.37 bits per heavy atom. The zero-order chi connectivity index (χ0) is 13.2. The van der Waals surface area contributed by atoms with Crippen LogP contribution in [0.1, 0.15) is 40.9 Å². The fraction of sp³-hybridized carbons (Fsp3) is 0.400. The number of aromatic nitrogens is 1. The lowest BCUT2D eigenvalue weighted by atomic mass is 9.81. The molecule has 2 aromatic rings. The van der Waals surface area contributed by atoms with E-state index >= 15 is 0 Å². The van der Waals surface area contributed by atoms with Crippen LogP contribution >= 0.6 is 22.9 Å². The van der Waals surface area contributed by atoms with E-state index < -0.39 is 0 Å². The molecule has 100 valence electrons. The summed E-state index contributed by atoms with van der Waals surface area (Å²) in [5.41, 5.74) is 2.64. The van der Waals surface area contributed by atoms with E-state index in [4.69, 9.17) is 11.6 Å². The Kier molecular flexibility index (Phi) is 3.87. The fourth-order valence-electron chi connectivity index (χ4n) is 3.01. The van der Waals surface area contributed by atoms with Gasteiger partial charge in [-0.2, -0.15) is 0 Å². The molecule has 2 unspecified atom stereocenters. The molecule has 0 aromatic carbocycles. The lowest BCUT2D eigenvalue weighted by molar-refractivity contribution is 0.420. The van der Waals surface area contributed by atoms with Crippen LogP contribution in [-0.4, -0.2) is 12.0 Å². The first-order chi connectivity index (χ1) is 9.31. The van der Waals surface area contributed by atoms with Gasteiger partial charge < -0.3 is 5.32 Å². The predicted octanol–water partition coefficient (Wildman–Crippen LogP) is 4.18. The first-order valence-corrected chi connectivity index (χ1v) is 7.91. The zero-order valence-electron chi connectivity index (χ0n) is 10.9. The van der Waals surface area contributed by atoms with Gasteiger partial charge in [0.2, 0.25) is 0 Å². The molecule has 0 radical (unpaired) electrons. The minimum Gasteiger partial charge on any atom is -0.312 e. The number of halogens is 1. The van der Waals surface area contributed by atoms with E-state index in [-0.39, 0.29) is 6.04 Å². The largest absolute Gasteiger partial charge is 0.312 e. The van der Waals surface area contributed by atoms with Crippen molar-refractivity contribution in [3.8, 4) is 0 Å². The SMILES string of the molecule is CNC(c1sccc1Cl)C1CCCc2cccnc21. The number of thiophene rings is 1. The quantitative estimate of drug-likeness (QED) is 0.918. The van der Waals surface area contributed by atoms with Gasteiger partial charge in [0.05, 0.1) is 11.1 Å². The molecule has 0 amide bonds. The minimum atomic E-state index is 0.265. The summed E-state index contributed by atoms with van der Waals surface area (Å²) in [7, 11) is 2.01. The number of fused-ring (bicyclic) bond motifs is 1. The van der Waals surface area contributed by atoms with E-state index in [1.165, 1.54) is 29.0 Å².